The molecule has 1 unspecified atom stereocenters. The van der Waals surface area contributed by atoms with Crippen LogP contribution in [-0.2, 0) is 9.53 Å². The van der Waals surface area contributed by atoms with Crippen molar-refractivity contribution in [3.63, 3.8) is 0 Å². The minimum Gasteiger partial charge on any atom is -0.481 e. The average molecular weight is 299 g/mol. The van der Waals surface area contributed by atoms with Gasteiger partial charge in [-0.25, -0.2) is 4.79 Å². The van der Waals surface area contributed by atoms with Gasteiger partial charge >= 0.3 is 12.0 Å². The Kier molecular flexibility index (Phi) is 5.81. The van der Waals surface area contributed by atoms with Crippen LogP contribution in [0.15, 0.2) is 0 Å². The number of carboxylic acid groups (broad SMARTS) is 1. The van der Waals surface area contributed by atoms with E-state index in [4.69, 9.17) is 9.84 Å². The first-order valence-corrected chi connectivity index (χ1v) is 7.69. The minimum atomic E-state index is -0.771. The quantitative estimate of drug-likeness (QED) is 0.809. The number of rotatable bonds is 4. The lowest BCUT2D eigenvalue weighted by Crippen LogP contribution is -2.56. The third-order valence-corrected chi connectivity index (χ3v) is 4.15. The standard InChI is InChI=1S/C14H25N3O4/c1-2-12-11-17(9-10-21-12)14(20)16-7-5-15(6-8-16)4-3-13(18)19/h12H,2-11H2,1H3,(H,18,19). The maximum atomic E-state index is 12.5. The van der Waals surface area contributed by atoms with E-state index in [0.29, 0.717) is 39.3 Å². The van der Waals surface area contributed by atoms with Gasteiger partial charge in [0.15, 0.2) is 0 Å². The molecule has 2 heterocycles. The molecule has 7 heteroatoms. The van der Waals surface area contributed by atoms with Crippen LogP contribution in [0.5, 0.6) is 0 Å². The van der Waals surface area contributed by atoms with Crippen molar-refractivity contribution < 1.29 is 19.4 Å². The van der Waals surface area contributed by atoms with Gasteiger partial charge in [0.1, 0.15) is 0 Å². The molecular weight excluding hydrogens is 274 g/mol. The molecule has 2 rings (SSSR count). The highest BCUT2D eigenvalue weighted by atomic mass is 16.5. The number of ether oxygens (including phenoxy) is 1. The summed E-state index contributed by atoms with van der Waals surface area (Å²) in [7, 11) is 0. The molecule has 1 N–H and O–H groups in total. The molecule has 2 aliphatic rings. The minimum absolute atomic E-state index is 0.0923. The number of aliphatic carboxylic acids is 1. The van der Waals surface area contributed by atoms with E-state index < -0.39 is 5.97 Å². The van der Waals surface area contributed by atoms with Gasteiger partial charge in [-0.1, -0.05) is 6.92 Å². The first-order chi connectivity index (χ1) is 10.1. The Morgan fingerprint density at radius 2 is 1.86 bits per heavy atom. The second-order valence-corrected chi connectivity index (χ2v) is 5.60. The van der Waals surface area contributed by atoms with E-state index in [9.17, 15) is 9.59 Å². The normalized spacial score (nSPS) is 24.1. The lowest BCUT2D eigenvalue weighted by molar-refractivity contribution is -0.137. The summed E-state index contributed by atoms with van der Waals surface area (Å²) in [5.41, 5.74) is 0. The van der Waals surface area contributed by atoms with Crippen LogP contribution in [0.25, 0.3) is 0 Å². The Balaban J connectivity index is 1.76. The number of hydrogen-bond donors (Lipinski definition) is 1. The van der Waals surface area contributed by atoms with Gasteiger partial charge in [0.05, 0.1) is 19.1 Å². The van der Waals surface area contributed by atoms with Gasteiger partial charge in [-0.05, 0) is 6.42 Å². The number of carbonyl (C=O) groups is 2. The molecular formula is C14H25N3O4. The van der Waals surface area contributed by atoms with Crippen LogP contribution in [0, 0.1) is 0 Å². The Bertz CT molecular complexity index is 369. The maximum absolute atomic E-state index is 12.5. The van der Waals surface area contributed by atoms with E-state index in [0.717, 1.165) is 19.5 Å². The third-order valence-electron chi connectivity index (χ3n) is 4.15. The largest absolute Gasteiger partial charge is 0.481 e. The summed E-state index contributed by atoms with van der Waals surface area (Å²) >= 11 is 0. The predicted octanol–water partition coefficient (Wildman–Crippen LogP) is 0.310. The molecule has 0 saturated carbocycles. The van der Waals surface area contributed by atoms with Crippen molar-refractivity contribution in [2.75, 3.05) is 52.4 Å². The molecule has 1 atom stereocenters. The zero-order chi connectivity index (χ0) is 15.2. The number of carbonyl (C=O) groups excluding carboxylic acids is 1. The highest BCUT2D eigenvalue weighted by Gasteiger charge is 2.28. The van der Waals surface area contributed by atoms with Crippen molar-refractivity contribution in [1.29, 1.82) is 0 Å². The number of hydrogen-bond acceptors (Lipinski definition) is 4. The first kappa shape index (κ1) is 16.0. The van der Waals surface area contributed by atoms with E-state index in [-0.39, 0.29) is 18.6 Å². The van der Waals surface area contributed by atoms with Gasteiger partial charge in [-0.2, -0.15) is 0 Å². The van der Waals surface area contributed by atoms with Crippen LogP contribution in [0.4, 0.5) is 4.79 Å². The van der Waals surface area contributed by atoms with Gasteiger partial charge < -0.3 is 19.6 Å². The first-order valence-electron chi connectivity index (χ1n) is 7.69. The van der Waals surface area contributed by atoms with Crippen molar-refractivity contribution >= 4 is 12.0 Å². The zero-order valence-corrected chi connectivity index (χ0v) is 12.7. The van der Waals surface area contributed by atoms with E-state index in [1.54, 1.807) is 0 Å². The van der Waals surface area contributed by atoms with Gasteiger partial charge in [0.25, 0.3) is 0 Å². The number of amides is 2. The summed E-state index contributed by atoms with van der Waals surface area (Å²) in [5, 5.41) is 8.69. The summed E-state index contributed by atoms with van der Waals surface area (Å²) in [6, 6.07) is 0.0923. The van der Waals surface area contributed by atoms with Crippen molar-refractivity contribution in [3.05, 3.63) is 0 Å². The van der Waals surface area contributed by atoms with E-state index in [2.05, 4.69) is 11.8 Å². The molecule has 2 aliphatic heterocycles. The summed E-state index contributed by atoms with van der Waals surface area (Å²) < 4.78 is 5.59. The molecule has 2 amide bonds. The Morgan fingerprint density at radius 1 is 1.14 bits per heavy atom. The molecule has 0 aromatic carbocycles. The fraction of sp³-hybridized carbons (Fsp3) is 0.857. The van der Waals surface area contributed by atoms with Crippen molar-refractivity contribution in [1.82, 2.24) is 14.7 Å². The predicted molar refractivity (Wildman–Crippen MR) is 77.3 cm³/mol. The fourth-order valence-corrected chi connectivity index (χ4v) is 2.76. The third kappa shape index (κ3) is 4.57. The smallest absolute Gasteiger partial charge is 0.320 e. The highest BCUT2D eigenvalue weighted by molar-refractivity contribution is 5.74. The lowest BCUT2D eigenvalue weighted by Gasteiger charge is -2.40. The average Bonchev–Trinajstić information content (AvgIpc) is 2.52. The van der Waals surface area contributed by atoms with E-state index in [1.807, 2.05) is 9.80 Å². The molecule has 21 heavy (non-hydrogen) atoms. The van der Waals surface area contributed by atoms with Crippen molar-refractivity contribution in [2.24, 2.45) is 0 Å². The Labute approximate surface area is 125 Å². The fourth-order valence-electron chi connectivity index (χ4n) is 2.76. The molecule has 0 spiro atoms. The van der Waals surface area contributed by atoms with E-state index >= 15 is 0 Å². The van der Waals surface area contributed by atoms with Crippen LogP contribution in [0.3, 0.4) is 0 Å². The van der Waals surface area contributed by atoms with Crippen LogP contribution in [-0.4, -0.2) is 90.3 Å². The van der Waals surface area contributed by atoms with Gasteiger partial charge in [0.2, 0.25) is 0 Å². The van der Waals surface area contributed by atoms with Gasteiger partial charge in [0, 0.05) is 45.8 Å². The van der Waals surface area contributed by atoms with Crippen LogP contribution in [0.2, 0.25) is 0 Å². The number of urea groups is 1. The molecule has 7 nitrogen and oxygen atoms in total. The van der Waals surface area contributed by atoms with Crippen LogP contribution in [0.1, 0.15) is 19.8 Å². The second-order valence-electron chi connectivity index (χ2n) is 5.60. The summed E-state index contributed by atoms with van der Waals surface area (Å²) in [6.45, 7) is 7.43. The Hall–Kier alpha value is -1.34. The summed E-state index contributed by atoms with van der Waals surface area (Å²) in [4.78, 5) is 28.9. The SMILES string of the molecule is CCC1CN(C(=O)N2CCN(CCC(=O)O)CC2)CCO1. The van der Waals surface area contributed by atoms with E-state index in [1.165, 1.54) is 0 Å². The molecule has 0 bridgehead atoms. The molecule has 0 aromatic rings. The molecule has 0 aromatic heterocycles. The van der Waals surface area contributed by atoms with Crippen molar-refractivity contribution in [3.8, 4) is 0 Å². The number of morpholine rings is 1. The molecule has 2 saturated heterocycles. The molecule has 0 aliphatic carbocycles. The van der Waals surface area contributed by atoms with Crippen molar-refractivity contribution in [2.45, 2.75) is 25.9 Å². The second kappa shape index (κ2) is 7.61. The topological polar surface area (TPSA) is 73.3 Å². The summed E-state index contributed by atoms with van der Waals surface area (Å²) in [5.74, 6) is -0.771. The summed E-state index contributed by atoms with van der Waals surface area (Å²) in [6.07, 6.45) is 1.24. The number of nitrogens with zero attached hydrogens (tertiary/aromatic N) is 3. The van der Waals surface area contributed by atoms with Crippen LogP contribution >= 0.6 is 0 Å². The molecule has 2 fully saturated rings. The molecule has 120 valence electrons. The highest BCUT2D eigenvalue weighted by Crippen LogP contribution is 2.12. The monoisotopic (exact) mass is 299 g/mol. The zero-order valence-electron chi connectivity index (χ0n) is 12.7. The molecule has 0 radical (unpaired) electrons. The maximum Gasteiger partial charge on any atom is 0.320 e. The number of carboxylic acids is 1. The van der Waals surface area contributed by atoms with Crippen LogP contribution < -0.4 is 0 Å². The number of piperazine rings is 1. The Morgan fingerprint density at radius 3 is 2.48 bits per heavy atom. The van der Waals surface area contributed by atoms with Gasteiger partial charge in [-0.3, -0.25) is 9.69 Å². The lowest BCUT2D eigenvalue weighted by atomic mass is 10.2. The van der Waals surface area contributed by atoms with Gasteiger partial charge in [-0.15, -0.1) is 0 Å².